The zero-order valence-electron chi connectivity index (χ0n) is 16.5. The second-order valence-electron chi connectivity index (χ2n) is 7.09. The van der Waals surface area contributed by atoms with Gasteiger partial charge in [0.1, 0.15) is 5.82 Å². The van der Waals surface area contributed by atoms with Crippen molar-refractivity contribution in [2.75, 3.05) is 25.6 Å². The molecule has 0 fully saturated rings. The number of anilines is 1. The van der Waals surface area contributed by atoms with E-state index in [2.05, 4.69) is 20.3 Å². The highest BCUT2D eigenvalue weighted by Gasteiger charge is 2.27. The van der Waals surface area contributed by atoms with E-state index >= 15 is 0 Å². The lowest BCUT2D eigenvalue weighted by Gasteiger charge is -2.25. The summed E-state index contributed by atoms with van der Waals surface area (Å²) in [4.78, 5) is 28.0. The van der Waals surface area contributed by atoms with Crippen LogP contribution in [-0.2, 0) is 22.5 Å². The number of carbonyl (C=O) groups is 1. The third-order valence-electron chi connectivity index (χ3n) is 4.84. The Hall–Kier alpha value is -3.32. The van der Waals surface area contributed by atoms with Gasteiger partial charge in [-0.15, -0.1) is 0 Å². The molecule has 0 aliphatic carbocycles. The summed E-state index contributed by atoms with van der Waals surface area (Å²) in [5.74, 6) is 1.21. The monoisotopic (exact) mass is 389 g/mol. The van der Waals surface area contributed by atoms with Gasteiger partial charge in [0.05, 0.1) is 18.8 Å². The van der Waals surface area contributed by atoms with Crippen molar-refractivity contribution in [3.63, 3.8) is 0 Å². The highest BCUT2D eigenvalue weighted by Crippen LogP contribution is 2.27. The first-order chi connectivity index (χ1) is 14.1. The van der Waals surface area contributed by atoms with Crippen LogP contribution < -0.4 is 10.2 Å². The molecule has 7 heteroatoms. The minimum atomic E-state index is -0.588. The Kier molecular flexibility index (Phi) is 5.48. The Bertz CT molecular complexity index is 1010. The number of amides is 1. The van der Waals surface area contributed by atoms with Gasteiger partial charge >= 0.3 is 0 Å². The van der Waals surface area contributed by atoms with Crippen molar-refractivity contribution < 1.29 is 9.53 Å². The molecule has 1 aliphatic heterocycles. The molecule has 0 bridgehead atoms. The zero-order valence-corrected chi connectivity index (χ0v) is 16.5. The molecule has 0 radical (unpaired) electrons. The maximum Gasteiger partial charge on any atom is 0.254 e. The molecular formula is C22H23N5O2. The Morgan fingerprint density at radius 3 is 2.76 bits per heavy atom. The van der Waals surface area contributed by atoms with Gasteiger partial charge in [0.25, 0.3) is 5.91 Å². The fourth-order valence-electron chi connectivity index (χ4n) is 3.31. The SMILES string of the molecule is CN(C)c1cc(CNC(=O)[C@H]2OCCc3ccccc32)nc(-c2ccncc2)n1. The van der Waals surface area contributed by atoms with Gasteiger partial charge in [-0.25, -0.2) is 9.97 Å². The van der Waals surface area contributed by atoms with Crippen molar-refractivity contribution in [2.45, 2.75) is 19.1 Å². The molecule has 29 heavy (non-hydrogen) atoms. The summed E-state index contributed by atoms with van der Waals surface area (Å²) in [5.41, 5.74) is 3.70. The molecule has 1 N–H and O–H groups in total. The summed E-state index contributed by atoms with van der Waals surface area (Å²) < 4.78 is 5.75. The first kappa shape index (κ1) is 19.0. The number of pyridine rings is 1. The Morgan fingerprint density at radius 2 is 1.97 bits per heavy atom. The van der Waals surface area contributed by atoms with Crippen LogP contribution in [0.4, 0.5) is 5.82 Å². The molecule has 4 rings (SSSR count). The van der Waals surface area contributed by atoms with E-state index in [-0.39, 0.29) is 5.91 Å². The number of hydrogen-bond acceptors (Lipinski definition) is 6. The van der Waals surface area contributed by atoms with E-state index < -0.39 is 6.10 Å². The molecule has 3 aromatic rings. The third kappa shape index (κ3) is 4.25. The molecule has 1 amide bonds. The highest BCUT2D eigenvalue weighted by atomic mass is 16.5. The van der Waals surface area contributed by atoms with E-state index in [1.807, 2.05) is 61.5 Å². The lowest BCUT2D eigenvalue weighted by molar-refractivity contribution is -0.134. The summed E-state index contributed by atoms with van der Waals surface area (Å²) in [6.45, 7) is 0.835. The summed E-state index contributed by atoms with van der Waals surface area (Å²) >= 11 is 0. The van der Waals surface area contributed by atoms with E-state index in [1.165, 1.54) is 0 Å². The van der Waals surface area contributed by atoms with Crippen molar-refractivity contribution in [1.29, 1.82) is 0 Å². The molecule has 1 aliphatic rings. The number of fused-ring (bicyclic) bond motifs is 1. The molecule has 0 saturated carbocycles. The van der Waals surface area contributed by atoms with Gasteiger partial charge in [0.2, 0.25) is 0 Å². The van der Waals surface area contributed by atoms with Crippen LogP contribution in [0, 0.1) is 0 Å². The molecule has 0 unspecified atom stereocenters. The van der Waals surface area contributed by atoms with Crippen LogP contribution >= 0.6 is 0 Å². The smallest absolute Gasteiger partial charge is 0.254 e. The van der Waals surface area contributed by atoms with Crippen LogP contribution in [0.1, 0.15) is 22.9 Å². The summed E-state index contributed by atoms with van der Waals surface area (Å²) in [7, 11) is 3.85. The van der Waals surface area contributed by atoms with E-state index in [0.717, 1.165) is 34.6 Å². The van der Waals surface area contributed by atoms with Gasteiger partial charge in [0, 0.05) is 38.1 Å². The van der Waals surface area contributed by atoms with Crippen LogP contribution in [0.3, 0.4) is 0 Å². The molecule has 148 valence electrons. The minimum absolute atomic E-state index is 0.160. The number of ether oxygens (including phenoxy) is 1. The zero-order chi connectivity index (χ0) is 20.2. The van der Waals surface area contributed by atoms with Gasteiger partial charge in [-0.2, -0.15) is 0 Å². The van der Waals surface area contributed by atoms with E-state index in [0.29, 0.717) is 19.0 Å². The molecule has 0 saturated heterocycles. The molecule has 1 atom stereocenters. The molecular weight excluding hydrogens is 366 g/mol. The molecule has 0 spiro atoms. The van der Waals surface area contributed by atoms with Crippen LogP contribution in [0.15, 0.2) is 54.9 Å². The van der Waals surface area contributed by atoms with Crippen molar-refractivity contribution >= 4 is 11.7 Å². The van der Waals surface area contributed by atoms with E-state index in [9.17, 15) is 4.79 Å². The van der Waals surface area contributed by atoms with Crippen molar-refractivity contribution in [3.8, 4) is 11.4 Å². The molecule has 7 nitrogen and oxygen atoms in total. The predicted molar refractivity (Wildman–Crippen MR) is 110 cm³/mol. The van der Waals surface area contributed by atoms with Crippen molar-refractivity contribution in [2.24, 2.45) is 0 Å². The molecule has 2 aromatic heterocycles. The van der Waals surface area contributed by atoms with Gasteiger partial charge in [-0.3, -0.25) is 9.78 Å². The van der Waals surface area contributed by atoms with Crippen LogP contribution in [0.5, 0.6) is 0 Å². The number of nitrogens with zero attached hydrogens (tertiary/aromatic N) is 4. The summed E-state index contributed by atoms with van der Waals surface area (Å²) in [6, 6.07) is 13.5. The van der Waals surface area contributed by atoms with Crippen LogP contribution in [-0.4, -0.2) is 41.6 Å². The summed E-state index contributed by atoms with van der Waals surface area (Å²) in [6.07, 6.45) is 3.66. The van der Waals surface area contributed by atoms with Gasteiger partial charge in [-0.1, -0.05) is 24.3 Å². The Labute approximate surface area is 169 Å². The largest absolute Gasteiger partial charge is 0.363 e. The van der Waals surface area contributed by atoms with Gasteiger partial charge in [-0.05, 0) is 29.7 Å². The van der Waals surface area contributed by atoms with Crippen LogP contribution in [0.2, 0.25) is 0 Å². The molecule has 1 aromatic carbocycles. The lowest BCUT2D eigenvalue weighted by Crippen LogP contribution is -2.33. The van der Waals surface area contributed by atoms with Crippen LogP contribution in [0.25, 0.3) is 11.4 Å². The number of rotatable bonds is 5. The number of benzene rings is 1. The number of nitrogens with one attached hydrogen (secondary N) is 1. The fourth-order valence-corrected chi connectivity index (χ4v) is 3.31. The lowest BCUT2D eigenvalue weighted by atomic mass is 9.97. The van der Waals surface area contributed by atoms with E-state index in [1.54, 1.807) is 12.4 Å². The first-order valence-electron chi connectivity index (χ1n) is 9.54. The quantitative estimate of drug-likeness (QED) is 0.722. The normalized spacial score (nSPS) is 15.4. The number of hydrogen-bond donors (Lipinski definition) is 1. The standard InChI is InChI=1S/C22H23N5O2/c1-27(2)19-13-17(25-21(26-19)16-7-10-23-11-8-16)14-24-22(28)20-18-6-4-3-5-15(18)9-12-29-20/h3-8,10-11,13,20H,9,12,14H2,1-2H3,(H,24,28)/t20-/m0/s1. The highest BCUT2D eigenvalue weighted by molar-refractivity contribution is 5.82. The second kappa shape index (κ2) is 8.36. The number of aromatic nitrogens is 3. The van der Waals surface area contributed by atoms with E-state index in [4.69, 9.17) is 4.74 Å². The fraction of sp³-hybridized carbons (Fsp3) is 0.273. The second-order valence-corrected chi connectivity index (χ2v) is 7.09. The Balaban J connectivity index is 1.54. The first-order valence-corrected chi connectivity index (χ1v) is 9.54. The summed E-state index contributed by atoms with van der Waals surface area (Å²) in [5, 5.41) is 2.97. The topological polar surface area (TPSA) is 80.2 Å². The number of carbonyl (C=O) groups excluding carboxylic acids is 1. The maximum atomic E-state index is 12.8. The van der Waals surface area contributed by atoms with Crippen molar-refractivity contribution in [1.82, 2.24) is 20.3 Å². The van der Waals surface area contributed by atoms with Crippen molar-refractivity contribution in [3.05, 3.63) is 71.7 Å². The van der Waals surface area contributed by atoms with Gasteiger partial charge < -0.3 is 15.0 Å². The average molecular weight is 389 g/mol. The van der Waals surface area contributed by atoms with Gasteiger partial charge in [0.15, 0.2) is 11.9 Å². The third-order valence-corrected chi connectivity index (χ3v) is 4.84. The average Bonchev–Trinajstić information content (AvgIpc) is 2.77. The predicted octanol–water partition coefficient (Wildman–Crippen LogP) is 2.53. The maximum absolute atomic E-state index is 12.8. The Morgan fingerprint density at radius 1 is 1.17 bits per heavy atom. The molecule has 3 heterocycles. The minimum Gasteiger partial charge on any atom is -0.363 e.